The van der Waals surface area contributed by atoms with E-state index in [1.807, 2.05) is 18.2 Å². The molecule has 1 aliphatic rings. The number of hydrogen-bond acceptors (Lipinski definition) is 4. The van der Waals surface area contributed by atoms with Crippen molar-refractivity contribution >= 4 is 58.2 Å². The van der Waals surface area contributed by atoms with Crippen molar-refractivity contribution in [3.05, 3.63) is 56.0 Å². The van der Waals surface area contributed by atoms with Gasteiger partial charge in [0.2, 0.25) is 0 Å². The number of halogens is 3. The van der Waals surface area contributed by atoms with Crippen LogP contribution in [0.5, 0.6) is 0 Å². The highest BCUT2D eigenvalue weighted by molar-refractivity contribution is 7.13. The molecule has 150 valence electrons. The molecule has 0 unspecified atom stereocenters. The third-order valence-electron chi connectivity index (χ3n) is 5.00. The summed E-state index contributed by atoms with van der Waals surface area (Å²) in [5.41, 5.74) is 0.828. The molecule has 0 amide bonds. The van der Waals surface area contributed by atoms with E-state index in [2.05, 4.69) is 4.98 Å². The number of carbonyl (C=O) groups is 1. The molecule has 0 bridgehead atoms. The predicted octanol–water partition coefficient (Wildman–Crippen LogP) is 5.79. The summed E-state index contributed by atoms with van der Waals surface area (Å²) < 4.78 is 0. The van der Waals surface area contributed by atoms with E-state index in [1.54, 1.807) is 18.2 Å². The summed E-state index contributed by atoms with van der Waals surface area (Å²) in [7, 11) is 0. The second-order valence-corrected chi connectivity index (χ2v) is 9.43. The average molecular weight is 461 g/mol. The third kappa shape index (κ3) is 5.49. The van der Waals surface area contributed by atoms with E-state index < -0.39 is 12.1 Å². The number of aromatic nitrogens is 1. The fourth-order valence-corrected chi connectivity index (χ4v) is 5.52. The van der Waals surface area contributed by atoms with Crippen LogP contribution in [-0.2, 0) is 6.42 Å². The quantitative estimate of drug-likeness (QED) is 0.405. The minimum absolute atomic E-state index is 0.0499. The summed E-state index contributed by atoms with van der Waals surface area (Å²) in [6.45, 7) is 0. The maximum atomic E-state index is 11.0. The fourth-order valence-electron chi connectivity index (χ4n) is 3.67. The first-order valence-corrected chi connectivity index (χ1v) is 11.0. The smallest absolute Gasteiger partial charge is 0.345 e. The summed E-state index contributed by atoms with van der Waals surface area (Å²) in [5.74, 6) is -0.789. The lowest BCUT2D eigenvalue weighted by molar-refractivity contribution is 0.0702. The minimum atomic E-state index is -0.891. The molecule has 2 aromatic rings. The number of pyridine rings is 1. The average Bonchev–Trinajstić information content (AvgIpc) is 3.18. The number of aliphatic hydroxyl groups is 1. The zero-order valence-corrected chi connectivity index (χ0v) is 18.0. The molecule has 1 fully saturated rings. The molecule has 4 atom stereocenters. The van der Waals surface area contributed by atoms with Gasteiger partial charge in [-0.2, -0.15) is 0 Å². The Morgan fingerprint density at radius 3 is 2.64 bits per heavy atom. The first-order chi connectivity index (χ1) is 13.3. The van der Waals surface area contributed by atoms with Crippen LogP contribution in [0.15, 0.2) is 30.3 Å². The van der Waals surface area contributed by atoms with Crippen molar-refractivity contribution in [2.75, 3.05) is 0 Å². The maximum absolute atomic E-state index is 11.0. The number of hydrogen-bond donors (Lipinski definition) is 2. The van der Waals surface area contributed by atoms with Crippen molar-refractivity contribution in [1.29, 1.82) is 0 Å². The molecule has 2 aromatic heterocycles. The Morgan fingerprint density at radius 2 is 2.00 bits per heavy atom. The van der Waals surface area contributed by atoms with Gasteiger partial charge in [-0.3, -0.25) is 0 Å². The second kappa shape index (κ2) is 9.59. The van der Waals surface area contributed by atoms with Gasteiger partial charge in [0, 0.05) is 16.2 Å². The molecule has 0 spiro atoms. The van der Waals surface area contributed by atoms with Crippen molar-refractivity contribution in [1.82, 2.24) is 4.98 Å². The molecule has 3 rings (SSSR count). The van der Waals surface area contributed by atoms with Crippen LogP contribution in [0, 0.1) is 11.8 Å². The fraction of sp³-hybridized carbons (Fsp3) is 0.400. The lowest BCUT2D eigenvalue weighted by Crippen LogP contribution is -2.18. The van der Waals surface area contributed by atoms with Crippen LogP contribution in [-0.4, -0.2) is 32.6 Å². The standard InChI is InChI=1S/C20H20Cl3NO3S/c21-15-10-16(25)14(6-4-11-8-18(22)24-19(23)9-11)13(15)3-1-2-12-5-7-17(28-12)20(26)27/h4-9,13-16,25H,1-3,10H2,(H,26,27)/t13-,14-,15-,16-/m1/s1. The lowest BCUT2D eigenvalue weighted by atomic mass is 9.89. The normalized spacial score (nSPS) is 24.9. The molecule has 1 saturated carbocycles. The van der Waals surface area contributed by atoms with Crippen molar-refractivity contribution < 1.29 is 15.0 Å². The van der Waals surface area contributed by atoms with Crippen LogP contribution in [0.3, 0.4) is 0 Å². The molecule has 0 aliphatic heterocycles. The summed E-state index contributed by atoms with van der Waals surface area (Å²) in [5, 5.41) is 20.0. The van der Waals surface area contributed by atoms with Gasteiger partial charge in [0.25, 0.3) is 0 Å². The van der Waals surface area contributed by atoms with Crippen molar-refractivity contribution in [2.45, 2.75) is 37.2 Å². The van der Waals surface area contributed by atoms with Gasteiger partial charge in [-0.15, -0.1) is 22.9 Å². The maximum Gasteiger partial charge on any atom is 0.345 e. The van der Waals surface area contributed by atoms with E-state index in [-0.39, 0.29) is 17.2 Å². The van der Waals surface area contributed by atoms with Crippen LogP contribution in [0.2, 0.25) is 10.3 Å². The molecule has 0 aromatic carbocycles. The summed E-state index contributed by atoms with van der Waals surface area (Å²) >= 11 is 19.7. The molecular weight excluding hydrogens is 441 g/mol. The van der Waals surface area contributed by atoms with Gasteiger partial charge in [0.05, 0.1) is 6.10 Å². The number of carboxylic acids is 1. The Kier molecular flexibility index (Phi) is 7.40. The Bertz CT molecular complexity index is 850. The molecule has 8 heteroatoms. The number of nitrogens with zero attached hydrogens (tertiary/aromatic N) is 1. The first-order valence-electron chi connectivity index (χ1n) is 8.99. The van der Waals surface area contributed by atoms with Crippen molar-refractivity contribution in [3.8, 4) is 0 Å². The van der Waals surface area contributed by atoms with E-state index in [9.17, 15) is 9.90 Å². The predicted molar refractivity (Wildman–Crippen MR) is 115 cm³/mol. The Morgan fingerprint density at radius 1 is 1.29 bits per heavy atom. The number of aromatic carboxylic acids is 1. The topological polar surface area (TPSA) is 70.4 Å². The van der Waals surface area contributed by atoms with Gasteiger partial charge in [0.1, 0.15) is 15.2 Å². The van der Waals surface area contributed by atoms with E-state index in [0.717, 1.165) is 29.7 Å². The van der Waals surface area contributed by atoms with Crippen molar-refractivity contribution in [3.63, 3.8) is 0 Å². The molecule has 4 nitrogen and oxygen atoms in total. The Hall–Kier alpha value is -1.11. The van der Waals surface area contributed by atoms with E-state index in [0.29, 0.717) is 21.6 Å². The van der Waals surface area contributed by atoms with E-state index in [4.69, 9.17) is 39.9 Å². The number of carboxylic acid groups (broad SMARTS) is 1. The van der Waals surface area contributed by atoms with Gasteiger partial charge in [-0.05, 0) is 61.4 Å². The largest absolute Gasteiger partial charge is 0.477 e. The number of aryl methyl sites for hydroxylation is 1. The first kappa shape index (κ1) is 21.6. The highest BCUT2D eigenvalue weighted by Crippen LogP contribution is 2.40. The second-order valence-electron chi connectivity index (χ2n) is 6.93. The molecular formula is C20H20Cl3NO3S. The van der Waals surface area contributed by atoms with Crippen LogP contribution in [0.4, 0.5) is 0 Å². The molecule has 2 heterocycles. The lowest BCUT2D eigenvalue weighted by Gasteiger charge is -2.20. The summed E-state index contributed by atoms with van der Waals surface area (Å²) in [6, 6.07) is 6.94. The summed E-state index contributed by atoms with van der Waals surface area (Å²) in [6.07, 6.45) is 6.50. The number of aliphatic hydroxyl groups excluding tert-OH is 1. The number of alkyl halides is 1. The highest BCUT2D eigenvalue weighted by Gasteiger charge is 2.39. The monoisotopic (exact) mass is 459 g/mol. The Balaban J connectivity index is 1.62. The molecule has 1 aliphatic carbocycles. The highest BCUT2D eigenvalue weighted by atomic mass is 35.5. The van der Waals surface area contributed by atoms with E-state index >= 15 is 0 Å². The van der Waals surface area contributed by atoms with Gasteiger partial charge >= 0.3 is 5.97 Å². The van der Waals surface area contributed by atoms with Gasteiger partial charge < -0.3 is 10.2 Å². The molecule has 2 N–H and O–H groups in total. The van der Waals surface area contributed by atoms with Crippen LogP contribution in [0.25, 0.3) is 6.08 Å². The zero-order chi connectivity index (χ0) is 20.3. The van der Waals surface area contributed by atoms with Crippen LogP contribution < -0.4 is 0 Å². The van der Waals surface area contributed by atoms with Crippen LogP contribution in [0.1, 0.15) is 39.4 Å². The number of thiophene rings is 1. The third-order valence-corrected chi connectivity index (χ3v) is 7.02. The van der Waals surface area contributed by atoms with Crippen molar-refractivity contribution in [2.24, 2.45) is 11.8 Å². The molecule has 28 heavy (non-hydrogen) atoms. The SMILES string of the molecule is O=C(O)c1ccc(CCC[C@@H]2[C@@H](C=Cc3cc(Cl)nc(Cl)c3)[C@H](O)C[C@H]2Cl)s1. The minimum Gasteiger partial charge on any atom is -0.477 e. The Labute approximate surface area is 182 Å². The molecule has 0 saturated heterocycles. The molecule has 0 radical (unpaired) electrons. The van der Waals surface area contributed by atoms with Gasteiger partial charge in [-0.1, -0.05) is 35.4 Å². The van der Waals surface area contributed by atoms with Gasteiger partial charge in [-0.25, -0.2) is 9.78 Å². The zero-order valence-electron chi connectivity index (χ0n) is 14.9. The summed E-state index contributed by atoms with van der Waals surface area (Å²) in [4.78, 5) is 16.3. The number of rotatable bonds is 7. The van der Waals surface area contributed by atoms with E-state index in [1.165, 1.54) is 11.3 Å². The van der Waals surface area contributed by atoms with Gasteiger partial charge in [0.15, 0.2) is 0 Å². The van der Waals surface area contributed by atoms with Crippen LogP contribution >= 0.6 is 46.1 Å².